The monoisotopic (exact) mass is 252 g/mol. The lowest BCUT2D eigenvalue weighted by atomic mass is 9.68. The third-order valence-electron chi connectivity index (χ3n) is 5.26. The molecule has 0 aromatic carbocycles. The highest BCUT2D eigenvalue weighted by Gasteiger charge is 2.46. The minimum Gasteiger partial charge on any atom is -0.329 e. The van der Waals surface area contributed by atoms with Crippen molar-refractivity contribution in [3.63, 3.8) is 0 Å². The quantitative estimate of drug-likeness (QED) is 0.783. The maximum absolute atomic E-state index is 6.22. The third kappa shape index (κ3) is 3.08. The van der Waals surface area contributed by atoms with E-state index in [1.807, 2.05) is 0 Å². The second kappa shape index (κ2) is 5.50. The van der Waals surface area contributed by atoms with Crippen molar-refractivity contribution < 1.29 is 0 Å². The van der Waals surface area contributed by atoms with Gasteiger partial charge in [-0.25, -0.2) is 0 Å². The average molecular weight is 252 g/mol. The smallest absolute Gasteiger partial charge is 0.0335 e. The molecule has 2 saturated carbocycles. The number of nitrogens with zero attached hydrogens (tertiary/aromatic N) is 1. The number of rotatable bonds is 6. The maximum Gasteiger partial charge on any atom is 0.0335 e. The van der Waals surface area contributed by atoms with Gasteiger partial charge in [0, 0.05) is 18.1 Å². The Labute approximate surface area is 113 Å². The molecule has 0 atom stereocenters. The van der Waals surface area contributed by atoms with Crippen molar-refractivity contribution in [2.45, 2.75) is 83.7 Å². The largest absolute Gasteiger partial charge is 0.329 e. The summed E-state index contributed by atoms with van der Waals surface area (Å²) in [6.45, 7) is 9.27. The van der Waals surface area contributed by atoms with Crippen molar-refractivity contribution >= 4 is 0 Å². The van der Waals surface area contributed by atoms with Gasteiger partial charge in [0.25, 0.3) is 0 Å². The Morgan fingerprint density at radius 3 is 2.17 bits per heavy atom. The Balaban J connectivity index is 2.04. The van der Waals surface area contributed by atoms with Gasteiger partial charge in [-0.1, -0.05) is 27.2 Å². The van der Waals surface area contributed by atoms with Crippen LogP contribution in [0.2, 0.25) is 0 Å². The molecule has 106 valence electrons. The number of nitrogens with two attached hydrogens (primary N) is 1. The minimum atomic E-state index is 0.339. The van der Waals surface area contributed by atoms with Crippen molar-refractivity contribution in [1.29, 1.82) is 0 Å². The Bertz CT molecular complexity index is 258. The van der Waals surface area contributed by atoms with E-state index in [1.54, 1.807) is 0 Å². The van der Waals surface area contributed by atoms with Gasteiger partial charge in [0.15, 0.2) is 0 Å². The van der Waals surface area contributed by atoms with E-state index in [4.69, 9.17) is 5.73 Å². The van der Waals surface area contributed by atoms with Crippen molar-refractivity contribution in [3.05, 3.63) is 0 Å². The van der Waals surface area contributed by atoms with Crippen LogP contribution in [0.15, 0.2) is 0 Å². The van der Waals surface area contributed by atoms with Gasteiger partial charge in [-0.3, -0.25) is 4.90 Å². The molecule has 2 aliphatic carbocycles. The van der Waals surface area contributed by atoms with E-state index in [2.05, 4.69) is 25.7 Å². The van der Waals surface area contributed by atoms with Crippen molar-refractivity contribution in [1.82, 2.24) is 4.90 Å². The van der Waals surface area contributed by atoms with E-state index < -0.39 is 0 Å². The molecule has 0 aromatic rings. The van der Waals surface area contributed by atoms with Crippen LogP contribution in [-0.2, 0) is 0 Å². The standard InChI is InChI=1S/C16H32N2/c1-4-5-12-18(14-6-7-14)16(13-17)10-8-15(2,3)9-11-16/h14H,4-13,17H2,1-3H3. The molecule has 0 saturated heterocycles. The summed E-state index contributed by atoms with van der Waals surface area (Å²) in [6, 6.07) is 0.862. The second-order valence-corrected chi connectivity index (χ2v) is 7.37. The summed E-state index contributed by atoms with van der Waals surface area (Å²) >= 11 is 0. The van der Waals surface area contributed by atoms with Crippen LogP contribution in [0.5, 0.6) is 0 Å². The van der Waals surface area contributed by atoms with Crippen molar-refractivity contribution in [2.24, 2.45) is 11.1 Å². The molecular formula is C16H32N2. The molecule has 2 nitrogen and oxygen atoms in total. The van der Waals surface area contributed by atoms with E-state index in [0.29, 0.717) is 11.0 Å². The molecule has 0 spiro atoms. The SMILES string of the molecule is CCCCN(C1CC1)C1(CN)CCC(C)(C)CC1. The molecule has 0 radical (unpaired) electrons. The normalized spacial score (nSPS) is 26.5. The van der Waals surface area contributed by atoms with Crippen LogP contribution in [0.4, 0.5) is 0 Å². The average Bonchev–Trinajstić information content (AvgIpc) is 3.16. The van der Waals surface area contributed by atoms with E-state index >= 15 is 0 Å². The van der Waals surface area contributed by atoms with Crippen LogP contribution >= 0.6 is 0 Å². The fourth-order valence-electron chi connectivity index (χ4n) is 3.52. The van der Waals surface area contributed by atoms with Crippen LogP contribution in [0, 0.1) is 5.41 Å². The molecule has 2 heteroatoms. The second-order valence-electron chi connectivity index (χ2n) is 7.37. The fourth-order valence-corrected chi connectivity index (χ4v) is 3.52. The zero-order valence-corrected chi connectivity index (χ0v) is 12.7. The van der Waals surface area contributed by atoms with Gasteiger partial charge >= 0.3 is 0 Å². The Morgan fingerprint density at radius 1 is 1.11 bits per heavy atom. The first-order valence-electron chi connectivity index (χ1n) is 8.00. The molecule has 0 aliphatic heterocycles. The summed E-state index contributed by atoms with van der Waals surface area (Å²) in [7, 11) is 0. The summed E-state index contributed by atoms with van der Waals surface area (Å²) in [5, 5.41) is 0. The van der Waals surface area contributed by atoms with E-state index in [-0.39, 0.29) is 0 Å². The summed E-state index contributed by atoms with van der Waals surface area (Å²) in [5.74, 6) is 0. The highest BCUT2D eigenvalue weighted by atomic mass is 15.3. The Morgan fingerprint density at radius 2 is 1.72 bits per heavy atom. The first-order valence-corrected chi connectivity index (χ1v) is 8.00. The van der Waals surface area contributed by atoms with Gasteiger partial charge < -0.3 is 5.73 Å². The highest BCUT2D eigenvalue weighted by molar-refractivity contribution is 5.02. The van der Waals surface area contributed by atoms with E-state index in [0.717, 1.165) is 12.6 Å². The van der Waals surface area contributed by atoms with Crippen LogP contribution in [0.25, 0.3) is 0 Å². The number of hydrogen-bond acceptors (Lipinski definition) is 2. The summed E-state index contributed by atoms with van der Waals surface area (Å²) in [6.07, 6.45) is 10.8. The topological polar surface area (TPSA) is 29.3 Å². The van der Waals surface area contributed by atoms with Crippen LogP contribution in [-0.4, -0.2) is 29.6 Å². The van der Waals surface area contributed by atoms with Crippen molar-refractivity contribution in [3.8, 4) is 0 Å². The van der Waals surface area contributed by atoms with E-state index in [9.17, 15) is 0 Å². The van der Waals surface area contributed by atoms with Gasteiger partial charge in [-0.15, -0.1) is 0 Å². The third-order valence-corrected chi connectivity index (χ3v) is 5.26. The van der Waals surface area contributed by atoms with Gasteiger partial charge in [0.2, 0.25) is 0 Å². The molecule has 2 fully saturated rings. The predicted octanol–water partition coefficient (Wildman–Crippen LogP) is 3.55. The van der Waals surface area contributed by atoms with Gasteiger partial charge in [-0.2, -0.15) is 0 Å². The molecule has 2 aliphatic rings. The van der Waals surface area contributed by atoms with Gasteiger partial charge in [-0.05, 0) is 56.9 Å². The summed E-state index contributed by atoms with van der Waals surface area (Å²) in [4.78, 5) is 2.81. The van der Waals surface area contributed by atoms with Crippen LogP contribution in [0.3, 0.4) is 0 Å². The molecule has 0 amide bonds. The molecule has 2 rings (SSSR count). The highest BCUT2D eigenvalue weighted by Crippen LogP contribution is 2.46. The zero-order chi connectivity index (χ0) is 13.2. The van der Waals surface area contributed by atoms with Crippen LogP contribution < -0.4 is 5.73 Å². The first-order chi connectivity index (χ1) is 8.53. The Kier molecular flexibility index (Phi) is 4.38. The molecule has 0 aromatic heterocycles. The fraction of sp³-hybridized carbons (Fsp3) is 1.00. The summed E-state index contributed by atoms with van der Waals surface area (Å²) in [5.41, 5.74) is 7.10. The lowest BCUT2D eigenvalue weighted by Crippen LogP contribution is -2.57. The van der Waals surface area contributed by atoms with Gasteiger partial charge in [0.05, 0.1) is 0 Å². The van der Waals surface area contributed by atoms with Gasteiger partial charge in [0.1, 0.15) is 0 Å². The predicted molar refractivity (Wildman–Crippen MR) is 78.7 cm³/mol. The first kappa shape index (κ1) is 14.3. The Hall–Kier alpha value is -0.0800. The molecule has 0 heterocycles. The van der Waals surface area contributed by atoms with E-state index in [1.165, 1.54) is 57.9 Å². The number of unbranched alkanes of at least 4 members (excludes halogenated alkanes) is 1. The number of hydrogen-bond donors (Lipinski definition) is 1. The minimum absolute atomic E-state index is 0.339. The van der Waals surface area contributed by atoms with Crippen molar-refractivity contribution in [2.75, 3.05) is 13.1 Å². The maximum atomic E-state index is 6.22. The lowest BCUT2D eigenvalue weighted by Gasteiger charge is -2.50. The molecule has 0 unspecified atom stereocenters. The zero-order valence-electron chi connectivity index (χ0n) is 12.7. The molecule has 18 heavy (non-hydrogen) atoms. The lowest BCUT2D eigenvalue weighted by molar-refractivity contribution is 0.0157. The summed E-state index contributed by atoms with van der Waals surface area (Å²) < 4.78 is 0. The molecule has 2 N–H and O–H groups in total. The molecular weight excluding hydrogens is 220 g/mol. The van der Waals surface area contributed by atoms with Crippen LogP contribution in [0.1, 0.15) is 72.1 Å². The molecule has 0 bridgehead atoms.